The number of methoxy groups -OCH3 is 1. The molecule has 2 aliphatic rings. The third-order valence-corrected chi connectivity index (χ3v) is 5.32. The number of rotatable bonds is 5. The Hall–Kier alpha value is -0.160. The van der Waals surface area contributed by atoms with Gasteiger partial charge in [0.05, 0.1) is 6.10 Å². The fourth-order valence-electron chi connectivity index (χ4n) is 3.93. The Balaban J connectivity index is 1.95. The van der Waals surface area contributed by atoms with E-state index in [0.717, 1.165) is 18.9 Å². The monoisotopic (exact) mass is 269 g/mol. The Bertz CT molecular complexity index is 287. The van der Waals surface area contributed by atoms with E-state index in [2.05, 4.69) is 23.9 Å². The van der Waals surface area contributed by atoms with E-state index in [1.165, 1.54) is 45.3 Å². The molecular weight excluding hydrogens is 238 g/mol. The lowest BCUT2D eigenvalue weighted by Gasteiger charge is -2.47. The van der Waals surface area contributed by atoms with Crippen LogP contribution in [0.5, 0.6) is 0 Å². The van der Waals surface area contributed by atoms with E-state index in [1.54, 1.807) is 0 Å². The van der Waals surface area contributed by atoms with Gasteiger partial charge in [-0.15, -0.1) is 0 Å². The van der Waals surface area contributed by atoms with Gasteiger partial charge in [-0.1, -0.05) is 0 Å². The van der Waals surface area contributed by atoms with Gasteiger partial charge in [-0.3, -0.25) is 4.90 Å². The lowest BCUT2D eigenvalue weighted by molar-refractivity contribution is -0.0163. The lowest BCUT2D eigenvalue weighted by atomic mass is 9.78. The van der Waals surface area contributed by atoms with E-state index >= 15 is 0 Å². The Morgan fingerprint density at radius 1 is 1.42 bits per heavy atom. The molecule has 1 saturated heterocycles. The zero-order valence-electron chi connectivity index (χ0n) is 12.9. The summed E-state index contributed by atoms with van der Waals surface area (Å²) in [6.07, 6.45) is 6.48. The third-order valence-electron chi connectivity index (χ3n) is 5.32. The SMILES string of the molecule is COC1CCCC(CN)(N(C)CC2CCN(C)C2)C1. The third kappa shape index (κ3) is 3.48. The van der Waals surface area contributed by atoms with E-state index in [9.17, 15) is 0 Å². The van der Waals surface area contributed by atoms with Crippen LogP contribution in [0.25, 0.3) is 0 Å². The number of nitrogens with zero attached hydrogens (tertiary/aromatic N) is 2. The first-order valence-electron chi connectivity index (χ1n) is 7.72. The molecule has 1 heterocycles. The summed E-state index contributed by atoms with van der Waals surface area (Å²) in [5.74, 6) is 0.807. The molecule has 4 heteroatoms. The van der Waals surface area contributed by atoms with E-state index in [1.807, 2.05) is 7.11 Å². The van der Waals surface area contributed by atoms with Crippen molar-refractivity contribution in [2.75, 3.05) is 47.4 Å². The zero-order valence-corrected chi connectivity index (χ0v) is 12.9. The average Bonchev–Trinajstić information content (AvgIpc) is 2.84. The fraction of sp³-hybridized carbons (Fsp3) is 1.00. The van der Waals surface area contributed by atoms with Gasteiger partial charge in [0.15, 0.2) is 0 Å². The van der Waals surface area contributed by atoms with Crippen molar-refractivity contribution in [1.29, 1.82) is 0 Å². The molecule has 1 aliphatic heterocycles. The van der Waals surface area contributed by atoms with Crippen LogP contribution in [-0.4, -0.2) is 68.8 Å². The minimum Gasteiger partial charge on any atom is -0.381 e. The van der Waals surface area contributed by atoms with Gasteiger partial charge in [0.2, 0.25) is 0 Å². The molecule has 0 aromatic heterocycles. The molecule has 0 spiro atoms. The van der Waals surface area contributed by atoms with E-state index in [0.29, 0.717) is 6.10 Å². The maximum atomic E-state index is 6.15. The van der Waals surface area contributed by atoms with Crippen molar-refractivity contribution in [3.8, 4) is 0 Å². The normalized spacial score (nSPS) is 37.1. The van der Waals surface area contributed by atoms with Crippen molar-refractivity contribution in [1.82, 2.24) is 9.80 Å². The molecular formula is C15H31N3O. The van der Waals surface area contributed by atoms with Crippen LogP contribution < -0.4 is 5.73 Å². The highest BCUT2D eigenvalue weighted by Gasteiger charge is 2.39. The molecule has 112 valence electrons. The van der Waals surface area contributed by atoms with Crippen LogP contribution in [-0.2, 0) is 4.74 Å². The summed E-state index contributed by atoms with van der Waals surface area (Å²) in [4.78, 5) is 4.98. The molecule has 0 aromatic rings. The summed E-state index contributed by atoms with van der Waals surface area (Å²) in [7, 11) is 6.33. The predicted octanol–water partition coefficient (Wildman–Crippen LogP) is 1.16. The molecule has 19 heavy (non-hydrogen) atoms. The molecule has 3 unspecified atom stereocenters. The Kier molecular flexibility index (Phi) is 5.23. The number of ether oxygens (including phenoxy) is 1. The van der Waals surface area contributed by atoms with Gasteiger partial charge in [-0.25, -0.2) is 0 Å². The van der Waals surface area contributed by atoms with Crippen LogP contribution in [0.15, 0.2) is 0 Å². The molecule has 0 aromatic carbocycles. The van der Waals surface area contributed by atoms with Crippen LogP contribution >= 0.6 is 0 Å². The molecule has 2 N–H and O–H groups in total. The molecule has 2 rings (SSSR count). The Morgan fingerprint density at radius 2 is 2.21 bits per heavy atom. The van der Waals surface area contributed by atoms with Crippen molar-refractivity contribution in [3.05, 3.63) is 0 Å². The second-order valence-corrected chi connectivity index (χ2v) is 6.68. The highest BCUT2D eigenvalue weighted by atomic mass is 16.5. The minimum atomic E-state index is 0.167. The summed E-state index contributed by atoms with van der Waals surface area (Å²) in [6.45, 7) is 4.41. The van der Waals surface area contributed by atoms with Crippen LogP contribution in [0, 0.1) is 5.92 Å². The van der Waals surface area contributed by atoms with Crippen LogP contribution in [0.4, 0.5) is 0 Å². The van der Waals surface area contributed by atoms with Gasteiger partial charge in [-0.05, 0) is 58.7 Å². The first kappa shape index (κ1) is 15.2. The molecule has 3 atom stereocenters. The van der Waals surface area contributed by atoms with Crippen LogP contribution in [0.2, 0.25) is 0 Å². The number of likely N-dealkylation sites (N-methyl/N-ethyl adjacent to an activating group) is 1. The second kappa shape index (κ2) is 6.53. The summed E-state index contributed by atoms with van der Waals surface area (Å²) >= 11 is 0. The number of nitrogens with two attached hydrogens (primary N) is 1. The standard InChI is InChI=1S/C15H31N3O/c1-17-8-6-13(10-17)11-18(2)15(12-16)7-4-5-14(9-15)19-3/h13-14H,4-12,16H2,1-3H3. The topological polar surface area (TPSA) is 41.7 Å². The van der Waals surface area contributed by atoms with Crippen molar-refractivity contribution >= 4 is 0 Å². The van der Waals surface area contributed by atoms with Gasteiger partial charge in [-0.2, -0.15) is 0 Å². The summed E-state index contributed by atoms with van der Waals surface area (Å²) in [5, 5.41) is 0. The first-order chi connectivity index (χ1) is 9.09. The smallest absolute Gasteiger partial charge is 0.0589 e. The number of hydrogen-bond acceptors (Lipinski definition) is 4. The molecule has 0 bridgehead atoms. The lowest BCUT2D eigenvalue weighted by Crippen LogP contribution is -2.57. The van der Waals surface area contributed by atoms with Gasteiger partial charge in [0.1, 0.15) is 0 Å². The van der Waals surface area contributed by atoms with Crippen molar-refractivity contribution in [2.45, 2.75) is 43.7 Å². The van der Waals surface area contributed by atoms with Crippen molar-refractivity contribution < 1.29 is 4.74 Å². The largest absolute Gasteiger partial charge is 0.381 e. The number of hydrogen-bond donors (Lipinski definition) is 1. The first-order valence-corrected chi connectivity index (χ1v) is 7.72. The fourth-order valence-corrected chi connectivity index (χ4v) is 3.93. The average molecular weight is 269 g/mol. The van der Waals surface area contributed by atoms with E-state index < -0.39 is 0 Å². The van der Waals surface area contributed by atoms with E-state index in [-0.39, 0.29) is 5.54 Å². The molecule has 0 amide bonds. The Labute approximate surface area is 118 Å². The quantitative estimate of drug-likeness (QED) is 0.813. The highest BCUT2D eigenvalue weighted by molar-refractivity contribution is 4.97. The van der Waals surface area contributed by atoms with Gasteiger partial charge in [0, 0.05) is 32.3 Å². The summed E-state index contributed by atoms with van der Waals surface area (Å²) < 4.78 is 5.59. The highest BCUT2D eigenvalue weighted by Crippen LogP contribution is 2.34. The minimum absolute atomic E-state index is 0.167. The molecule has 0 radical (unpaired) electrons. The van der Waals surface area contributed by atoms with E-state index in [4.69, 9.17) is 10.5 Å². The van der Waals surface area contributed by atoms with Crippen LogP contribution in [0.3, 0.4) is 0 Å². The summed E-state index contributed by atoms with van der Waals surface area (Å²) in [5.41, 5.74) is 6.32. The molecule has 4 nitrogen and oxygen atoms in total. The van der Waals surface area contributed by atoms with Crippen molar-refractivity contribution in [2.24, 2.45) is 11.7 Å². The molecule has 1 saturated carbocycles. The van der Waals surface area contributed by atoms with Gasteiger partial charge in [0.25, 0.3) is 0 Å². The van der Waals surface area contributed by atoms with Crippen molar-refractivity contribution in [3.63, 3.8) is 0 Å². The second-order valence-electron chi connectivity index (χ2n) is 6.68. The predicted molar refractivity (Wildman–Crippen MR) is 79.3 cm³/mol. The molecule has 2 fully saturated rings. The summed E-state index contributed by atoms with van der Waals surface area (Å²) in [6, 6.07) is 0. The van der Waals surface area contributed by atoms with Crippen LogP contribution in [0.1, 0.15) is 32.1 Å². The molecule has 1 aliphatic carbocycles. The maximum Gasteiger partial charge on any atom is 0.0589 e. The Morgan fingerprint density at radius 3 is 2.79 bits per heavy atom. The van der Waals surface area contributed by atoms with Gasteiger partial charge >= 0.3 is 0 Å². The van der Waals surface area contributed by atoms with Gasteiger partial charge < -0.3 is 15.4 Å². The maximum absolute atomic E-state index is 6.15. The zero-order chi connectivity index (χ0) is 13.9. The number of likely N-dealkylation sites (tertiary alicyclic amines) is 1.